The Bertz CT molecular complexity index is 1960. The lowest BCUT2D eigenvalue weighted by molar-refractivity contribution is 0.306. The Hall–Kier alpha value is -5.30. The van der Waals surface area contributed by atoms with Crippen molar-refractivity contribution in [2.75, 3.05) is 0 Å². The van der Waals surface area contributed by atoms with Gasteiger partial charge in [0.05, 0.1) is 16.6 Å². The molecule has 7 heteroatoms. The molecule has 0 atom stereocenters. The quantitative estimate of drug-likeness (QED) is 0.208. The van der Waals surface area contributed by atoms with Gasteiger partial charge in [0.2, 0.25) is 0 Å². The maximum Gasteiger partial charge on any atom is 0.182 e. The van der Waals surface area contributed by atoms with Crippen LogP contribution in [0.25, 0.3) is 44.9 Å². The van der Waals surface area contributed by atoms with Gasteiger partial charge in [0.1, 0.15) is 29.6 Å². The van der Waals surface area contributed by atoms with E-state index in [1.165, 1.54) is 5.56 Å². The number of hydrogen-bond acceptors (Lipinski definition) is 4. The Kier molecular flexibility index (Phi) is 6.68. The molecule has 3 heterocycles. The van der Waals surface area contributed by atoms with Crippen LogP contribution >= 0.6 is 0 Å². The molecular weight excluding hydrogens is 525 g/mol. The highest BCUT2D eigenvalue weighted by Gasteiger charge is 2.21. The van der Waals surface area contributed by atoms with Crippen molar-refractivity contribution in [1.82, 2.24) is 24.7 Å². The topological polar surface area (TPSA) is 68.6 Å². The number of nitrogens with one attached hydrogen (secondary N) is 1. The van der Waals surface area contributed by atoms with Gasteiger partial charge in [-0.2, -0.15) is 5.10 Å². The Morgan fingerprint density at radius 2 is 1.60 bits per heavy atom. The van der Waals surface area contributed by atoms with Gasteiger partial charge in [-0.15, -0.1) is 0 Å². The Morgan fingerprint density at radius 3 is 2.38 bits per heavy atom. The number of aromatic nitrogens is 5. The lowest BCUT2D eigenvalue weighted by Crippen LogP contribution is -2.00. The van der Waals surface area contributed by atoms with E-state index in [0.29, 0.717) is 29.0 Å². The van der Waals surface area contributed by atoms with E-state index in [4.69, 9.17) is 9.72 Å². The number of fused-ring (bicyclic) bond motifs is 2. The maximum atomic E-state index is 15.8. The zero-order valence-electron chi connectivity index (χ0n) is 23.1. The van der Waals surface area contributed by atoms with Crippen LogP contribution in [0.1, 0.15) is 23.6 Å². The molecule has 0 unspecified atom stereocenters. The van der Waals surface area contributed by atoms with Crippen molar-refractivity contribution >= 4 is 10.9 Å². The van der Waals surface area contributed by atoms with Crippen molar-refractivity contribution in [2.45, 2.75) is 26.5 Å². The van der Waals surface area contributed by atoms with Gasteiger partial charge in [-0.3, -0.25) is 5.10 Å². The van der Waals surface area contributed by atoms with Crippen LogP contribution in [-0.4, -0.2) is 24.7 Å². The first kappa shape index (κ1) is 25.7. The average Bonchev–Trinajstić information content (AvgIpc) is 3.65. The maximum absolute atomic E-state index is 15.8. The molecule has 2 aliphatic heterocycles. The van der Waals surface area contributed by atoms with Crippen LogP contribution in [0, 0.1) is 5.82 Å². The zero-order chi connectivity index (χ0) is 28.5. The van der Waals surface area contributed by atoms with Crippen LogP contribution in [0.15, 0.2) is 109 Å². The van der Waals surface area contributed by atoms with E-state index in [1.54, 1.807) is 6.07 Å². The lowest BCUT2D eigenvalue weighted by atomic mass is 9.96. The predicted octanol–water partition coefficient (Wildman–Crippen LogP) is 7.92. The van der Waals surface area contributed by atoms with Crippen LogP contribution in [0.2, 0.25) is 0 Å². The average molecular weight is 554 g/mol. The molecule has 0 saturated heterocycles. The highest BCUT2D eigenvalue weighted by Crippen LogP contribution is 2.35. The smallest absolute Gasteiger partial charge is 0.182 e. The Morgan fingerprint density at radius 1 is 0.833 bits per heavy atom. The molecular formula is C35H28FN5O. The predicted molar refractivity (Wildman–Crippen MR) is 163 cm³/mol. The van der Waals surface area contributed by atoms with Gasteiger partial charge in [0, 0.05) is 18.9 Å². The van der Waals surface area contributed by atoms with Crippen molar-refractivity contribution in [3.8, 4) is 39.8 Å². The van der Waals surface area contributed by atoms with Gasteiger partial charge in [0.25, 0.3) is 0 Å². The first-order valence-corrected chi connectivity index (χ1v) is 14.0. The minimum absolute atomic E-state index is 0.370. The fourth-order valence-electron chi connectivity index (χ4n) is 5.35. The molecule has 0 aliphatic carbocycles. The van der Waals surface area contributed by atoms with Gasteiger partial charge >= 0.3 is 0 Å². The molecule has 0 saturated carbocycles. The van der Waals surface area contributed by atoms with E-state index in [-0.39, 0.29) is 5.82 Å². The summed E-state index contributed by atoms with van der Waals surface area (Å²) in [6.45, 7) is 3.30. The van der Waals surface area contributed by atoms with E-state index < -0.39 is 0 Å². The molecule has 6 nitrogen and oxygen atoms in total. The molecule has 4 aromatic carbocycles. The summed E-state index contributed by atoms with van der Waals surface area (Å²) in [6.07, 6.45) is 4.72. The summed E-state index contributed by atoms with van der Waals surface area (Å²) < 4.78 is 23.8. The molecule has 0 amide bonds. The number of imidazole rings is 1. The number of nitrogens with zero attached hydrogens (tertiary/aromatic N) is 4. The molecule has 0 fully saturated rings. The number of halogens is 1. The summed E-state index contributed by atoms with van der Waals surface area (Å²) >= 11 is 0. The summed E-state index contributed by atoms with van der Waals surface area (Å²) in [7, 11) is 0. The fraction of sp³-hybridized carbons (Fsp3) is 0.114. The van der Waals surface area contributed by atoms with E-state index >= 15 is 4.39 Å². The lowest BCUT2D eigenvalue weighted by Gasteiger charge is -2.13. The number of ether oxygens (including phenoxy) is 1. The number of benzene rings is 4. The Balaban J connectivity index is 1.18. The van der Waals surface area contributed by atoms with Crippen LogP contribution in [-0.2, 0) is 19.6 Å². The second kappa shape index (κ2) is 10.9. The van der Waals surface area contributed by atoms with E-state index in [0.717, 1.165) is 52.4 Å². The molecule has 7 rings (SSSR count). The molecule has 1 N–H and O–H groups in total. The highest BCUT2D eigenvalue weighted by molar-refractivity contribution is 5.95. The normalized spacial score (nSPS) is 11.4. The monoisotopic (exact) mass is 553 g/mol. The third kappa shape index (κ3) is 5.01. The summed E-state index contributed by atoms with van der Waals surface area (Å²) in [6, 6.07) is 31.7. The highest BCUT2D eigenvalue weighted by atomic mass is 19.1. The standard InChI is InChI=1S/C35H28FN5O/c1-2-25-17-27(42-22-24-11-7-4-8-12-24)13-14-28(25)26-18-29(36)33-31(19-26)39-40-34(33)35-37-30-15-16-41(21-32(30)38-35)20-23-9-5-3-6-10-23/h3-19,21H,2,20,22H2,1H3,(H,39,40). The van der Waals surface area contributed by atoms with Crippen molar-refractivity contribution in [2.24, 2.45) is 0 Å². The minimum Gasteiger partial charge on any atom is -0.489 e. The van der Waals surface area contributed by atoms with E-state index in [1.807, 2.05) is 91.3 Å². The largest absolute Gasteiger partial charge is 0.489 e. The summed E-state index contributed by atoms with van der Waals surface area (Å²) in [5.41, 5.74) is 7.59. The summed E-state index contributed by atoms with van der Waals surface area (Å²) in [5, 5.41) is 7.83. The van der Waals surface area contributed by atoms with E-state index in [2.05, 4.69) is 38.8 Å². The van der Waals surface area contributed by atoms with Gasteiger partial charge in [-0.1, -0.05) is 73.7 Å². The van der Waals surface area contributed by atoms with Crippen molar-refractivity contribution in [1.29, 1.82) is 0 Å². The van der Waals surface area contributed by atoms with Gasteiger partial charge < -0.3 is 9.30 Å². The number of rotatable bonds is 8. The second-order valence-electron chi connectivity index (χ2n) is 10.3. The minimum atomic E-state index is -0.370. The Labute approximate surface area is 242 Å². The molecule has 1 aromatic heterocycles. The molecule has 42 heavy (non-hydrogen) atoms. The van der Waals surface area contributed by atoms with Crippen LogP contribution in [0.5, 0.6) is 5.75 Å². The molecule has 0 spiro atoms. The van der Waals surface area contributed by atoms with Gasteiger partial charge in [-0.25, -0.2) is 14.4 Å². The fourth-order valence-corrected chi connectivity index (χ4v) is 5.35. The number of pyridine rings is 1. The van der Waals surface area contributed by atoms with Crippen LogP contribution in [0.4, 0.5) is 4.39 Å². The molecule has 0 radical (unpaired) electrons. The summed E-state index contributed by atoms with van der Waals surface area (Å²) in [5.74, 6) is 0.815. The van der Waals surface area contributed by atoms with E-state index in [9.17, 15) is 0 Å². The van der Waals surface area contributed by atoms with Crippen LogP contribution in [0.3, 0.4) is 0 Å². The molecule has 206 valence electrons. The number of aromatic amines is 1. The number of H-pyrrole nitrogens is 1. The van der Waals surface area contributed by atoms with Crippen molar-refractivity contribution in [3.63, 3.8) is 0 Å². The zero-order valence-corrected chi connectivity index (χ0v) is 23.1. The number of hydrogen-bond donors (Lipinski definition) is 1. The SMILES string of the molecule is CCc1cc(OCc2ccccc2)ccc1-c1cc(F)c2c(-c3nc4ccn(Cc5ccccc5)cc-4n3)n[nH]c2c1. The molecule has 2 aliphatic rings. The van der Waals surface area contributed by atoms with Crippen molar-refractivity contribution < 1.29 is 9.13 Å². The summed E-state index contributed by atoms with van der Waals surface area (Å²) in [4.78, 5) is 9.37. The van der Waals surface area contributed by atoms with Gasteiger partial charge in [0.15, 0.2) is 5.82 Å². The first-order chi connectivity index (χ1) is 20.6. The molecule has 0 bridgehead atoms. The second-order valence-corrected chi connectivity index (χ2v) is 10.3. The van der Waals surface area contributed by atoms with Crippen LogP contribution < -0.4 is 4.74 Å². The first-order valence-electron chi connectivity index (χ1n) is 14.0. The van der Waals surface area contributed by atoms with Crippen molar-refractivity contribution in [3.05, 3.63) is 132 Å². The third-order valence-electron chi connectivity index (χ3n) is 7.48. The molecule has 5 aromatic rings. The van der Waals surface area contributed by atoms with Gasteiger partial charge in [-0.05, 0) is 64.6 Å². The number of aryl methyl sites for hydroxylation is 1. The third-order valence-corrected chi connectivity index (χ3v) is 7.48.